The van der Waals surface area contributed by atoms with Crippen LogP contribution in [0.15, 0.2) is 11.0 Å². The average molecular weight is 167 g/mol. The Morgan fingerprint density at radius 3 is 2.55 bits per heavy atom. The van der Waals surface area contributed by atoms with Crippen LogP contribution >= 0.6 is 11.8 Å². The molecule has 0 aliphatic heterocycles. The first kappa shape index (κ1) is 8.67. The Balaban J connectivity index is 2.55. The van der Waals surface area contributed by atoms with Crippen molar-refractivity contribution in [3.63, 3.8) is 0 Å². The third-order valence-electron chi connectivity index (χ3n) is 2.27. The van der Waals surface area contributed by atoms with E-state index >= 15 is 0 Å². The summed E-state index contributed by atoms with van der Waals surface area (Å²) in [4.78, 5) is 0.862. The summed E-state index contributed by atoms with van der Waals surface area (Å²) >= 11 is 1.54. The molecule has 1 atom stereocenters. The minimum Gasteiger partial charge on any atom is -0.192 e. The van der Waals surface area contributed by atoms with E-state index in [0.29, 0.717) is 11.3 Å². The molecule has 0 bridgehead atoms. The van der Waals surface area contributed by atoms with Crippen LogP contribution in [0.4, 0.5) is 0 Å². The van der Waals surface area contributed by atoms with Gasteiger partial charge in [-0.1, -0.05) is 19.9 Å². The monoisotopic (exact) mass is 167 g/mol. The van der Waals surface area contributed by atoms with Crippen LogP contribution < -0.4 is 0 Å². The fourth-order valence-electron chi connectivity index (χ4n) is 1.13. The molecule has 0 unspecified atom stereocenters. The van der Waals surface area contributed by atoms with Gasteiger partial charge < -0.3 is 0 Å². The molecule has 0 heterocycles. The quantitative estimate of drug-likeness (QED) is 0.590. The zero-order valence-corrected chi connectivity index (χ0v) is 8.03. The molecule has 0 aromatic carbocycles. The molecule has 0 N–H and O–H groups in total. The summed E-state index contributed by atoms with van der Waals surface area (Å²) in [5, 5.41) is 8.63. The van der Waals surface area contributed by atoms with Crippen molar-refractivity contribution in [2.24, 2.45) is 11.3 Å². The highest BCUT2D eigenvalue weighted by Gasteiger charge is 2.43. The molecular weight excluding hydrogens is 154 g/mol. The van der Waals surface area contributed by atoms with Crippen molar-refractivity contribution in [2.45, 2.75) is 20.3 Å². The Morgan fingerprint density at radius 1 is 1.73 bits per heavy atom. The number of nitrogens with zero attached hydrogens (tertiary/aromatic N) is 1. The molecule has 60 valence electrons. The minimum atomic E-state index is 0.456. The van der Waals surface area contributed by atoms with Crippen LogP contribution in [0.2, 0.25) is 0 Å². The standard InChI is InChI=1S/C9H13NS/c1-9(2)5-7(9)4-8(6-10)11-3/h4,7H,5H2,1-3H3/b8-4+/t7-/m0/s1. The van der Waals surface area contributed by atoms with Crippen LogP contribution in [-0.2, 0) is 0 Å². The van der Waals surface area contributed by atoms with Gasteiger partial charge in [-0.05, 0) is 24.0 Å². The number of hydrogen-bond acceptors (Lipinski definition) is 2. The second-order valence-electron chi connectivity index (χ2n) is 3.65. The fourth-order valence-corrected chi connectivity index (χ4v) is 1.52. The van der Waals surface area contributed by atoms with Crippen molar-refractivity contribution >= 4 is 11.8 Å². The lowest BCUT2D eigenvalue weighted by Crippen LogP contribution is -1.86. The second-order valence-corrected chi connectivity index (χ2v) is 4.49. The number of nitriles is 1. The topological polar surface area (TPSA) is 23.8 Å². The van der Waals surface area contributed by atoms with Gasteiger partial charge in [0.1, 0.15) is 6.07 Å². The van der Waals surface area contributed by atoms with Crippen LogP contribution in [0.1, 0.15) is 20.3 Å². The van der Waals surface area contributed by atoms with Gasteiger partial charge in [0.05, 0.1) is 4.91 Å². The van der Waals surface area contributed by atoms with Gasteiger partial charge in [-0.25, -0.2) is 0 Å². The van der Waals surface area contributed by atoms with Gasteiger partial charge in [-0.2, -0.15) is 5.26 Å². The lowest BCUT2D eigenvalue weighted by molar-refractivity contribution is 0.610. The summed E-state index contributed by atoms with van der Waals surface area (Å²) in [5.41, 5.74) is 0.456. The maximum Gasteiger partial charge on any atom is 0.106 e. The van der Waals surface area contributed by atoms with Crippen LogP contribution in [0, 0.1) is 22.7 Å². The molecule has 1 rings (SSSR count). The Morgan fingerprint density at radius 2 is 2.27 bits per heavy atom. The Kier molecular flexibility index (Phi) is 2.29. The third kappa shape index (κ3) is 2.00. The third-order valence-corrected chi connectivity index (χ3v) is 2.94. The largest absolute Gasteiger partial charge is 0.192 e. The van der Waals surface area contributed by atoms with Crippen molar-refractivity contribution in [2.75, 3.05) is 6.26 Å². The summed E-state index contributed by atoms with van der Waals surface area (Å²) < 4.78 is 0. The highest BCUT2D eigenvalue weighted by atomic mass is 32.2. The first-order chi connectivity index (χ1) is 5.10. The fraction of sp³-hybridized carbons (Fsp3) is 0.667. The Bertz CT molecular complexity index is 222. The van der Waals surface area contributed by atoms with Gasteiger partial charge in [-0.3, -0.25) is 0 Å². The molecule has 0 saturated heterocycles. The van der Waals surface area contributed by atoms with Crippen molar-refractivity contribution < 1.29 is 0 Å². The van der Waals surface area contributed by atoms with E-state index in [4.69, 9.17) is 5.26 Å². The van der Waals surface area contributed by atoms with Gasteiger partial charge in [-0.15, -0.1) is 11.8 Å². The average Bonchev–Trinajstić information content (AvgIpc) is 2.54. The molecule has 1 aliphatic carbocycles. The molecule has 0 spiro atoms. The highest BCUT2D eigenvalue weighted by Crippen LogP contribution is 2.53. The van der Waals surface area contributed by atoms with E-state index < -0.39 is 0 Å². The molecule has 0 aromatic rings. The van der Waals surface area contributed by atoms with Gasteiger partial charge in [0.15, 0.2) is 0 Å². The zero-order valence-electron chi connectivity index (χ0n) is 7.22. The molecule has 1 saturated carbocycles. The van der Waals surface area contributed by atoms with Crippen molar-refractivity contribution in [3.05, 3.63) is 11.0 Å². The summed E-state index contributed by atoms with van der Waals surface area (Å²) in [6.45, 7) is 4.48. The normalized spacial score (nSPS) is 27.8. The molecule has 0 aromatic heterocycles. The van der Waals surface area contributed by atoms with E-state index in [2.05, 4.69) is 26.0 Å². The molecule has 0 amide bonds. The van der Waals surface area contributed by atoms with Crippen molar-refractivity contribution in [3.8, 4) is 6.07 Å². The van der Waals surface area contributed by atoms with Gasteiger partial charge >= 0.3 is 0 Å². The maximum absolute atomic E-state index is 8.63. The van der Waals surface area contributed by atoms with Crippen LogP contribution in [0.3, 0.4) is 0 Å². The van der Waals surface area contributed by atoms with Crippen molar-refractivity contribution in [1.82, 2.24) is 0 Å². The van der Waals surface area contributed by atoms with Gasteiger partial charge in [0.2, 0.25) is 0 Å². The number of thioether (sulfide) groups is 1. The van der Waals surface area contributed by atoms with Gasteiger partial charge in [0, 0.05) is 0 Å². The summed E-state index contributed by atoms with van der Waals surface area (Å²) in [6.07, 6.45) is 5.29. The molecule has 1 aliphatic rings. The Hall–Kier alpha value is -0.420. The summed E-state index contributed by atoms with van der Waals surface area (Å²) in [7, 11) is 0. The smallest absolute Gasteiger partial charge is 0.106 e. The maximum atomic E-state index is 8.63. The number of allylic oxidation sites excluding steroid dienone is 2. The first-order valence-electron chi connectivity index (χ1n) is 3.76. The number of hydrogen-bond donors (Lipinski definition) is 0. The van der Waals surface area contributed by atoms with Crippen molar-refractivity contribution in [1.29, 1.82) is 5.26 Å². The van der Waals surface area contributed by atoms with Crippen LogP contribution in [0.25, 0.3) is 0 Å². The SMILES string of the molecule is CS/C(C#N)=C/[C@H]1CC1(C)C. The Labute approximate surface area is 72.5 Å². The molecule has 1 fully saturated rings. The molecule has 2 heteroatoms. The summed E-state index contributed by atoms with van der Waals surface area (Å²) in [5.74, 6) is 0.643. The van der Waals surface area contributed by atoms with E-state index in [1.807, 2.05) is 6.26 Å². The molecule has 11 heavy (non-hydrogen) atoms. The van der Waals surface area contributed by atoms with E-state index in [1.54, 1.807) is 0 Å². The lowest BCUT2D eigenvalue weighted by Gasteiger charge is -1.96. The van der Waals surface area contributed by atoms with Crippen LogP contribution in [0.5, 0.6) is 0 Å². The summed E-state index contributed by atoms with van der Waals surface area (Å²) in [6, 6.07) is 2.18. The first-order valence-corrected chi connectivity index (χ1v) is 4.98. The minimum absolute atomic E-state index is 0.456. The number of rotatable bonds is 2. The van der Waals surface area contributed by atoms with Crippen LogP contribution in [-0.4, -0.2) is 6.26 Å². The van der Waals surface area contributed by atoms with E-state index in [-0.39, 0.29) is 0 Å². The zero-order chi connectivity index (χ0) is 8.48. The molecular formula is C9H13NS. The van der Waals surface area contributed by atoms with E-state index in [9.17, 15) is 0 Å². The second kappa shape index (κ2) is 2.91. The van der Waals surface area contributed by atoms with E-state index in [1.165, 1.54) is 18.2 Å². The molecule has 1 nitrogen and oxygen atoms in total. The predicted octanol–water partition coefficient (Wildman–Crippen LogP) is 2.80. The highest BCUT2D eigenvalue weighted by molar-refractivity contribution is 8.02. The molecule has 0 radical (unpaired) electrons. The lowest BCUT2D eigenvalue weighted by atomic mass is 10.1. The predicted molar refractivity (Wildman–Crippen MR) is 49.1 cm³/mol. The van der Waals surface area contributed by atoms with Gasteiger partial charge in [0.25, 0.3) is 0 Å². The van der Waals surface area contributed by atoms with E-state index in [0.717, 1.165) is 4.91 Å².